The number of ether oxygens (including phenoxy) is 3. The maximum absolute atomic E-state index is 5.22. The van der Waals surface area contributed by atoms with Gasteiger partial charge in [0.2, 0.25) is 0 Å². The molecule has 0 aliphatic heterocycles. The molecule has 0 aliphatic rings. The minimum atomic E-state index is 0.0221. The van der Waals surface area contributed by atoms with E-state index in [-0.39, 0.29) is 6.10 Å². The highest BCUT2D eigenvalue weighted by Gasteiger charge is 2.06. The van der Waals surface area contributed by atoms with E-state index in [1.165, 1.54) is 0 Å². The number of pyridine rings is 1. The molecule has 0 bridgehead atoms. The van der Waals surface area contributed by atoms with Crippen LogP contribution in [0.4, 0.5) is 5.82 Å². The molecule has 1 aromatic heterocycles. The van der Waals surface area contributed by atoms with Crippen molar-refractivity contribution < 1.29 is 14.2 Å². The predicted molar refractivity (Wildman–Crippen MR) is 62.0 cm³/mol. The molecule has 0 fully saturated rings. The van der Waals surface area contributed by atoms with Crippen LogP contribution in [0.2, 0.25) is 0 Å². The molecule has 0 radical (unpaired) electrons. The van der Waals surface area contributed by atoms with Crippen LogP contribution in [-0.2, 0) is 9.47 Å². The standard InChI is InChI=1S/C11H18N2O3/c1-14-8-10(16-3)7-13-11-5-4-9(15-2)6-12-11/h4-6,10H,7-8H2,1-3H3,(H,12,13). The molecule has 90 valence electrons. The van der Waals surface area contributed by atoms with Crippen LogP contribution >= 0.6 is 0 Å². The second kappa shape index (κ2) is 7.03. The number of rotatable bonds is 7. The van der Waals surface area contributed by atoms with E-state index in [4.69, 9.17) is 14.2 Å². The van der Waals surface area contributed by atoms with E-state index in [0.29, 0.717) is 13.2 Å². The minimum Gasteiger partial charge on any atom is -0.495 e. The van der Waals surface area contributed by atoms with Crippen LogP contribution in [0, 0.1) is 0 Å². The highest BCUT2D eigenvalue weighted by molar-refractivity contribution is 5.37. The van der Waals surface area contributed by atoms with Crippen LogP contribution in [-0.4, -0.2) is 45.6 Å². The summed E-state index contributed by atoms with van der Waals surface area (Å²) in [6.45, 7) is 1.21. The zero-order chi connectivity index (χ0) is 11.8. The Morgan fingerprint density at radius 1 is 1.31 bits per heavy atom. The van der Waals surface area contributed by atoms with E-state index in [0.717, 1.165) is 11.6 Å². The lowest BCUT2D eigenvalue weighted by Gasteiger charge is -2.15. The Balaban J connectivity index is 2.40. The van der Waals surface area contributed by atoms with Gasteiger partial charge < -0.3 is 19.5 Å². The quantitative estimate of drug-likeness (QED) is 0.756. The summed E-state index contributed by atoms with van der Waals surface area (Å²) in [4.78, 5) is 4.18. The fraction of sp³-hybridized carbons (Fsp3) is 0.545. The second-order valence-electron chi connectivity index (χ2n) is 3.28. The molecule has 16 heavy (non-hydrogen) atoms. The van der Waals surface area contributed by atoms with Gasteiger partial charge in [0.25, 0.3) is 0 Å². The topological polar surface area (TPSA) is 52.6 Å². The molecule has 1 rings (SSSR count). The smallest absolute Gasteiger partial charge is 0.137 e. The van der Waals surface area contributed by atoms with E-state index in [1.54, 1.807) is 27.5 Å². The summed E-state index contributed by atoms with van der Waals surface area (Å²) in [5.41, 5.74) is 0. The summed E-state index contributed by atoms with van der Waals surface area (Å²) in [7, 11) is 4.92. The molecule has 0 amide bonds. The SMILES string of the molecule is COCC(CNc1ccc(OC)cn1)OC. The van der Waals surface area contributed by atoms with Crippen LogP contribution in [0.3, 0.4) is 0 Å². The maximum atomic E-state index is 5.22. The molecular formula is C11H18N2O3. The Labute approximate surface area is 95.7 Å². The molecule has 1 heterocycles. The summed E-state index contributed by atoms with van der Waals surface area (Å²) >= 11 is 0. The van der Waals surface area contributed by atoms with Crippen molar-refractivity contribution in [3.05, 3.63) is 18.3 Å². The summed E-state index contributed by atoms with van der Waals surface area (Å²) in [6, 6.07) is 3.71. The Kier molecular flexibility index (Phi) is 5.60. The van der Waals surface area contributed by atoms with Gasteiger partial charge in [-0.05, 0) is 12.1 Å². The van der Waals surface area contributed by atoms with E-state index in [2.05, 4.69) is 10.3 Å². The van der Waals surface area contributed by atoms with Gasteiger partial charge in [0, 0.05) is 20.8 Å². The number of hydrogen-bond acceptors (Lipinski definition) is 5. The van der Waals surface area contributed by atoms with E-state index >= 15 is 0 Å². The molecule has 0 saturated carbocycles. The van der Waals surface area contributed by atoms with Gasteiger partial charge in [0.15, 0.2) is 0 Å². The van der Waals surface area contributed by atoms with E-state index in [1.807, 2.05) is 12.1 Å². The normalized spacial score (nSPS) is 12.2. The van der Waals surface area contributed by atoms with Crippen molar-refractivity contribution in [2.24, 2.45) is 0 Å². The molecule has 1 aromatic rings. The minimum absolute atomic E-state index is 0.0221. The first-order chi connectivity index (χ1) is 7.80. The average Bonchev–Trinajstić information content (AvgIpc) is 2.35. The lowest BCUT2D eigenvalue weighted by Crippen LogP contribution is -2.26. The van der Waals surface area contributed by atoms with Gasteiger partial charge in [-0.2, -0.15) is 0 Å². The molecule has 1 unspecified atom stereocenters. The van der Waals surface area contributed by atoms with Gasteiger partial charge >= 0.3 is 0 Å². The molecule has 5 heteroatoms. The fourth-order valence-corrected chi connectivity index (χ4v) is 1.22. The lowest BCUT2D eigenvalue weighted by atomic mass is 10.3. The molecular weight excluding hydrogens is 208 g/mol. The number of hydrogen-bond donors (Lipinski definition) is 1. The second-order valence-corrected chi connectivity index (χ2v) is 3.28. The molecule has 0 spiro atoms. The van der Waals surface area contributed by atoms with Crippen LogP contribution in [0.1, 0.15) is 0 Å². The van der Waals surface area contributed by atoms with Crippen molar-refractivity contribution in [3.63, 3.8) is 0 Å². The van der Waals surface area contributed by atoms with E-state index in [9.17, 15) is 0 Å². The van der Waals surface area contributed by atoms with Gasteiger partial charge in [0.05, 0.1) is 26.0 Å². The van der Waals surface area contributed by atoms with Crippen LogP contribution in [0.25, 0.3) is 0 Å². The number of aromatic nitrogens is 1. The van der Waals surface area contributed by atoms with Gasteiger partial charge in [-0.15, -0.1) is 0 Å². The van der Waals surface area contributed by atoms with E-state index < -0.39 is 0 Å². The first-order valence-electron chi connectivity index (χ1n) is 5.05. The highest BCUT2D eigenvalue weighted by Crippen LogP contribution is 2.11. The number of anilines is 1. The number of methoxy groups -OCH3 is 3. The number of nitrogens with one attached hydrogen (secondary N) is 1. The van der Waals surface area contributed by atoms with Gasteiger partial charge in [-0.25, -0.2) is 4.98 Å². The van der Waals surface area contributed by atoms with Crippen molar-refractivity contribution in [2.75, 3.05) is 39.8 Å². The monoisotopic (exact) mass is 226 g/mol. The Bertz CT molecular complexity index is 290. The van der Waals surface area contributed by atoms with Crippen LogP contribution < -0.4 is 10.1 Å². The van der Waals surface area contributed by atoms with Crippen molar-refractivity contribution in [2.45, 2.75) is 6.10 Å². The zero-order valence-electron chi connectivity index (χ0n) is 9.90. The molecule has 1 N–H and O–H groups in total. The molecule has 0 aliphatic carbocycles. The largest absolute Gasteiger partial charge is 0.495 e. The average molecular weight is 226 g/mol. The first kappa shape index (κ1) is 12.7. The lowest BCUT2D eigenvalue weighted by molar-refractivity contribution is 0.0365. The third kappa shape index (κ3) is 4.04. The van der Waals surface area contributed by atoms with Crippen molar-refractivity contribution >= 4 is 5.82 Å². The summed E-state index contributed by atoms with van der Waals surface area (Å²) in [5.74, 6) is 1.53. The molecule has 0 saturated heterocycles. The third-order valence-corrected chi connectivity index (χ3v) is 2.17. The Morgan fingerprint density at radius 3 is 2.62 bits per heavy atom. The Hall–Kier alpha value is -1.33. The predicted octanol–water partition coefficient (Wildman–Crippen LogP) is 1.16. The summed E-state index contributed by atoms with van der Waals surface area (Å²) in [5, 5.41) is 3.16. The summed E-state index contributed by atoms with van der Waals surface area (Å²) in [6.07, 6.45) is 1.69. The maximum Gasteiger partial charge on any atom is 0.137 e. The zero-order valence-corrected chi connectivity index (χ0v) is 9.90. The highest BCUT2D eigenvalue weighted by atomic mass is 16.5. The molecule has 1 atom stereocenters. The van der Waals surface area contributed by atoms with Crippen LogP contribution in [0.15, 0.2) is 18.3 Å². The van der Waals surface area contributed by atoms with Crippen LogP contribution in [0.5, 0.6) is 5.75 Å². The van der Waals surface area contributed by atoms with Crippen molar-refractivity contribution in [1.82, 2.24) is 4.98 Å². The third-order valence-electron chi connectivity index (χ3n) is 2.17. The van der Waals surface area contributed by atoms with Crippen molar-refractivity contribution in [3.8, 4) is 5.75 Å². The van der Waals surface area contributed by atoms with Gasteiger partial charge in [0.1, 0.15) is 11.6 Å². The van der Waals surface area contributed by atoms with Gasteiger partial charge in [-0.3, -0.25) is 0 Å². The fourth-order valence-electron chi connectivity index (χ4n) is 1.22. The number of nitrogens with zero attached hydrogens (tertiary/aromatic N) is 1. The molecule has 5 nitrogen and oxygen atoms in total. The Morgan fingerprint density at radius 2 is 2.12 bits per heavy atom. The first-order valence-corrected chi connectivity index (χ1v) is 5.05. The summed E-state index contributed by atoms with van der Waals surface area (Å²) < 4.78 is 15.3. The molecule has 0 aromatic carbocycles. The van der Waals surface area contributed by atoms with Crippen molar-refractivity contribution in [1.29, 1.82) is 0 Å². The van der Waals surface area contributed by atoms with Gasteiger partial charge in [-0.1, -0.05) is 0 Å².